The molecule has 1 unspecified atom stereocenters. The van der Waals surface area contributed by atoms with Crippen LogP contribution >= 0.6 is 8.15 Å². The van der Waals surface area contributed by atoms with Crippen LogP contribution in [0, 0.1) is 0 Å². The Bertz CT molecular complexity index is 405. The summed E-state index contributed by atoms with van der Waals surface area (Å²) in [5.41, 5.74) is 0.871. The fourth-order valence-corrected chi connectivity index (χ4v) is 2.54. The molecule has 0 radical (unpaired) electrons. The lowest BCUT2D eigenvalue weighted by Gasteiger charge is -2.10. The number of Topliss-reactive ketones (excluding diaryl/α,β-unsaturated/α-hetero) is 1. The molecule has 0 aliphatic rings. The SMILES string of the molecule is CCOP(C)CCC(=O)C(=O)OCc1ccccc1. The lowest BCUT2D eigenvalue weighted by Crippen LogP contribution is -2.18. The van der Waals surface area contributed by atoms with Crippen molar-refractivity contribution in [2.45, 2.75) is 20.0 Å². The van der Waals surface area contributed by atoms with Crippen molar-refractivity contribution in [2.75, 3.05) is 19.4 Å². The fraction of sp³-hybridized carbons (Fsp3) is 0.429. The van der Waals surface area contributed by atoms with Gasteiger partial charge in [0.25, 0.3) is 0 Å². The van der Waals surface area contributed by atoms with Crippen molar-refractivity contribution >= 4 is 19.9 Å². The molecule has 1 atom stereocenters. The number of rotatable bonds is 8. The summed E-state index contributed by atoms with van der Waals surface area (Å²) in [6.07, 6.45) is 0.790. The van der Waals surface area contributed by atoms with Gasteiger partial charge in [0.15, 0.2) is 0 Å². The Morgan fingerprint density at radius 2 is 1.89 bits per heavy atom. The molecule has 0 aliphatic heterocycles. The highest BCUT2D eigenvalue weighted by molar-refractivity contribution is 7.51. The highest BCUT2D eigenvalue weighted by atomic mass is 31.1. The van der Waals surface area contributed by atoms with Crippen LogP contribution in [0.3, 0.4) is 0 Å². The van der Waals surface area contributed by atoms with Crippen LogP contribution in [0.4, 0.5) is 0 Å². The van der Waals surface area contributed by atoms with E-state index in [2.05, 4.69) is 0 Å². The van der Waals surface area contributed by atoms with Gasteiger partial charge in [-0.15, -0.1) is 0 Å². The summed E-state index contributed by atoms with van der Waals surface area (Å²) >= 11 is 0. The molecule has 0 bridgehead atoms. The first-order valence-electron chi connectivity index (χ1n) is 6.21. The number of carbonyl (C=O) groups excluding carboxylic acids is 2. The van der Waals surface area contributed by atoms with Gasteiger partial charge in [0, 0.05) is 21.2 Å². The van der Waals surface area contributed by atoms with Crippen LogP contribution in [-0.2, 0) is 25.5 Å². The molecule has 0 spiro atoms. The molecule has 0 fully saturated rings. The molecule has 0 amide bonds. The van der Waals surface area contributed by atoms with Gasteiger partial charge in [-0.25, -0.2) is 4.79 Å². The van der Waals surface area contributed by atoms with Crippen LogP contribution in [0.15, 0.2) is 30.3 Å². The monoisotopic (exact) mass is 282 g/mol. The maximum atomic E-state index is 11.6. The summed E-state index contributed by atoms with van der Waals surface area (Å²) in [6.45, 7) is 4.63. The van der Waals surface area contributed by atoms with Crippen LogP contribution in [0.25, 0.3) is 0 Å². The van der Waals surface area contributed by atoms with E-state index in [0.717, 1.165) is 5.56 Å². The van der Waals surface area contributed by atoms with Crippen molar-refractivity contribution in [2.24, 2.45) is 0 Å². The largest absolute Gasteiger partial charge is 0.455 e. The maximum absolute atomic E-state index is 11.6. The first kappa shape index (κ1) is 15.8. The van der Waals surface area contributed by atoms with Crippen LogP contribution < -0.4 is 0 Å². The summed E-state index contributed by atoms with van der Waals surface area (Å²) in [4.78, 5) is 23.0. The van der Waals surface area contributed by atoms with Gasteiger partial charge in [-0.3, -0.25) is 4.79 Å². The van der Waals surface area contributed by atoms with E-state index in [9.17, 15) is 9.59 Å². The van der Waals surface area contributed by atoms with E-state index in [0.29, 0.717) is 12.8 Å². The molecule has 1 rings (SSSR count). The average molecular weight is 282 g/mol. The first-order valence-corrected chi connectivity index (χ1v) is 8.10. The molecular formula is C14H19O4P. The third-order valence-electron chi connectivity index (χ3n) is 2.44. The average Bonchev–Trinajstić information content (AvgIpc) is 2.43. The van der Waals surface area contributed by atoms with Gasteiger partial charge in [0.1, 0.15) is 6.61 Å². The van der Waals surface area contributed by atoms with E-state index in [-0.39, 0.29) is 13.0 Å². The van der Waals surface area contributed by atoms with Gasteiger partial charge in [0.05, 0.1) is 0 Å². The van der Waals surface area contributed by atoms with Crippen LogP contribution in [0.2, 0.25) is 0 Å². The topological polar surface area (TPSA) is 52.6 Å². The van der Waals surface area contributed by atoms with Gasteiger partial charge in [-0.1, -0.05) is 30.3 Å². The predicted octanol–water partition coefficient (Wildman–Crippen LogP) is 2.75. The quantitative estimate of drug-likeness (QED) is 0.418. The number of hydrogen-bond acceptors (Lipinski definition) is 4. The molecule has 0 N–H and O–H groups in total. The summed E-state index contributed by atoms with van der Waals surface area (Å²) in [6, 6.07) is 9.29. The van der Waals surface area contributed by atoms with Crippen molar-refractivity contribution in [3.63, 3.8) is 0 Å². The molecule has 4 nitrogen and oxygen atoms in total. The Kier molecular flexibility index (Phi) is 7.31. The van der Waals surface area contributed by atoms with Crippen molar-refractivity contribution < 1.29 is 18.8 Å². The maximum Gasteiger partial charge on any atom is 0.374 e. The molecule has 19 heavy (non-hydrogen) atoms. The second-order valence-corrected chi connectivity index (χ2v) is 5.97. The Labute approximate surface area is 114 Å². The zero-order chi connectivity index (χ0) is 14.1. The number of esters is 1. The van der Waals surface area contributed by atoms with E-state index in [4.69, 9.17) is 9.26 Å². The van der Waals surface area contributed by atoms with E-state index >= 15 is 0 Å². The molecule has 0 aliphatic carbocycles. The highest BCUT2D eigenvalue weighted by Gasteiger charge is 2.16. The number of carbonyl (C=O) groups is 2. The zero-order valence-corrected chi connectivity index (χ0v) is 12.2. The first-order chi connectivity index (χ1) is 9.13. The number of ether oxygens (including phenoxy) is 1. The van der Waals surface area contributed by atoms with Crippen LogP contribution in [0.1, 0.15) is 18.9 Å². The normalized spacial score (nSPS) is 11.9. The summed E-state index contributed by atoms with van der Waals surface area (Å²) in [7, 11) is -0.620. The Morgan fingerprint density at radius 3 is 2.53 bits per heavy atom. The van der Waals surface area contributed by atoms with Crippen molar-refractivity contribution in [3.05, 3.63) is 35.9 Å². The van der Waals surface area contributed by atoms with Crippen LogP contribution in [-0.4, -0.2) is 31.2 Å². The second-order valence-electron chi connectivity index (χ2n) is 4.00. The van der Waals surface area contributed by atoms with Gasteiger partial charge in [0.2, 0.25) is 5.78 Å². The standard InChI is InChI=1S/C14H19O4P/c1-3-18-19(2)10-9-13(15)14(16)17-11-12-7-5-4-6-8-12/h4-8H,3,9-11H2,1-2H3. The van der Waals surface area contributed by atoms with E-state index in [1.165, 1.54) is 0 Å². The zero-order valence-electron chi connectivity index (χ0n) is 11.3. The lowest BCUT2D eigenvalue weighted by molar-refractivity contribution is -0.154. The summed E-state index contributed by atoms with van der Waals surface area (Å²) in [5, 5.41) is 0. The minimum Gasteiger partial charge on any atom is -0.455 e. The smallest absolute Gasteiger partial charge is 0.374 e. The van der Waals surface area contributed by atoms with Crippen molar-refractivity contribution in [3.8, 4) is 0 Å². The molecule has 5 heteroatoms. The Hall–Kier alpha value is -1.25. The summed E-state index contributed by atoms with van der Waals surface area (Å²) in [5.74, 6) is -1.24. The molecule has 104 valence electrons. The molecule has 0 heterocycles. The lowest BCUT2D eigenvalue weighted by atomic mass is 10.2. The van der Waals surface area contributed by atoms with E-state index < -0.39 is 19.9 Å². The highest BCUT2D eigenvalue weighted by Crippen LogP contribution is 2.32. The third kappa shape index (κ3) is 6.46. The molecule has 0 aromatic heterocycles. The van der Waals surface area contributed by atoms with Crippen molar-refractivity contribution in [1.82, 2.24) is 0 Å². The van der Waals surface area contributed by atoms with Crippen molar-refractivity contribution in [1.29, 1.82) is 0 Å². The van der Waals surface area contributed by atoms with Gasteiger partial charge < -0.3 is 9.26 Å². The van der Waals surface area contributed by atoms with Gasteiger partial charge in [-0.05, 0) is 25.3 Å². The molecular weight excluding hydrogens is 263 g/mol. The molecule has 1 aromatic carbocycles. The summed E-state index contributed by atoms with van der Waals surface area (Å²) < 4.78 is 10.3. The van der Waals surface area contributed by atoms with Gasteiger partial charge in [-0.2, -0.15) is 0 Å². The Morgan fingerprint density at radius 1 is 1.21 bits per heavy atom. The van der Waals surface area contributed by atoms with E-state index in [1.54, 1.807) is 0 Å². The molecule has 0 saturated heterocycles. The number of benzene rings is 1. The minimum absolute atomic E-state index is 0.137. The van der Waals surface area contributed by atoms with Gasteiger partial charge >= 0.3 is 5.97 Å². The number of hydrogen-bond donors (Lipinski definition) is 0. The molecule has 0 saturated carbocycles. The van der Waals surface area contributed by atoms with E-state index in [1.807, 2.05) is 43.9 Å². The minimum atomic E-state index is -0.760. The second kappa shape index (κ2) is 8.78. The molecule has 1 aromatic rings. The van der Waals surface area contributed by atoms with Crippen LogP contribution in [0.5, 0.6) is 0 Å². The fourth-order valence-electron chi connectivity index (χ4n) is 1.45. The Balaban J connectivity index is 2.27. The predicted molar refractivity (Wildman–Crippen MR) is 75.2 cm³/mol. The number of ketones is 1. The third-order valence-corrected chi connectivity index (χ3v) is 4.00.